The van der Waals surface area contributed by atoms with Crippen molar-refractivity contribution in [1.82, 2.24) is 5.32 Å². The third-order valence-electron chi connectivity index (χ3n) is 3.58. The van der Waals surface area contributed by atoms with E-state index in [0.717, 1.165) is 23.8 Å². The highest BCUT2D eigenvalue weighted by Gasteiger charge is 2.13. The highest BCUT2D eigenvalue weighted by Crippen LogP contribution is 2.22. The minimum absolute atomic E-state index is 0.0703. The second-order valence-corrected chi connectivity index (χ2v) is 5.07. The number of hydrogen-bond donors (Lipinski definition) is 1. The zero-order chi connectivity index (χ0) is 15.4. The SMILES string of the molecule is CNC(COc1cc(F)ccc1F)c1ccc(C)c(C)c1. The third kappa shape index (κ3) is 3.79. The van der Waals surface area contributed by atoms with E-state index in [1.54, 1.807) is 0 Å². The summed E-state index contributed by atoms with van der Waals surface area (Å²) in [7, 11) is 1.81. The predicted molar refractivity (Wildman–Crippen MR) is 79.6 cm³/mol. The summed E-state index contributed by atoms with van der Waals surface area (Å²) in [5.41, 5.74) is 3.45. The molecule has 0 saturated heterocycles. The summed E-state index contributed by atoms with van der Waals surface area (Å²) >= 11 is 0. The maximum absolute atomic E-state index is 13.5. The number of benzene rings is 2. The Morgan fingerprint density at radius 3 is 2.48 bits per heavy atom. The third-order valence-corrected chi connectivity index (χ3v) is 3.58. The van der Waals surface area contributed by atoms with Crippen LogP contribution >= 0.6 is 0 Å². The van der Waals surface area contributed by atoms with Crippen molar-refractivity contribution in [3.63, 3.8) is 0 Å². The molecule has 2 rings (SSSR count). The summed E-state index contributed by atoms with van der Waals surface area (Å²) in [6, 6.07) is 9.22. The molecule has 0 spiro atoms. The van der Waals surface area contributed by atoms with Crippen LogP contribution in [0.3, 0.4) is 0 Å². The van der Waals surface area contributed by atoms with E-state index in [1.807, 2.05) is 33.0 Å². The molecule has 21 heavy (non-hydrogen) atoms. The average molecular weight is 291 g/mol. The van der Waals surface area contributed by atoms with Crippen LogP contribution in [0.15, 0.2) is 36.4 Å². The molecule has 0 aliphatic heterocycles. The van der Waals surface area contributed by atoms with Gasteiger partial charge in [0.05, 0.1) is 6.04 Å². The van der Waals surface area contributed by atoms with Crippen molar-refractivity contribution in [3.8, 4) is 5.75 Å². The fourth-order valence-corrected chi connectivity index (χ4v) is 2.09. The van der Waals surface area contributed by atoms with E-state index in [4.69, 9.17) is 4.74 Å². The lowest BCUT2D eigenvalue weighted by atomic mass is 10.0. The fraction of sp³-hybridized carbons (Fsp3) is 0.294. The van der Waals surface area contributed by atoms with Gasteiger partial charge in [-0.1, -0.05) is 18.2 Å². The standard InChI is InChI=1S/C17H19F2NO/c1-11-4-5-13(8-12(11)2)16(20-3)10-21-17-9-14(18)6-7-15(17)19/h4-9,16,20H,10H2,1-3H3. The first-order valence-electron chi connectivity index (χ1n) is 6.83. The summed E-state index contributed by atoms with van der Waals surface area (Å²) in [5, 5.41) is 3.13. The topological polar surface area (TPSA) is 21.3 Å². The van der Waals surface area contributed by atoms with Gasteiger partial charge >= 0.3 is 0 Å². The fourth-order valence-electron chi connectivity index (χ4n) is 2.09. The van der Waals surface area contributed by atoms with E-state index in [2.05, 4.69) is 11.4 Å². The maximum atomic E-state index is 13.5. The quantitative estimate of drug-likeness (QED) is 0.901. The summed E-state index contributed by atoms with van der Waals surface area (Å²) in [5.74, 6) is -1.15. The largest absolute Gasteiger partial charge is 0.488 e. The number of aryl methyl sites for hydroxylation is 2. The molecule has 0 fully saturated rings. The molecule has 0 aromatic heterocycles. The lowest BCUT2D eigenvalue weighted by Crippen LogP contribution is -2.23. The van der Waals surface area contributed by atoms with E-state index in [1.165, 1.54) is 11.1 Å². The maximum Gasteiger partial charge on any atom is 0.165 e. The van der Waals surface area contributed by atoms with Gasteiger partial charge in [-0.2, -0.15) is 0 Å². The number of nitrogens with one attached hydrogen (secondary N) is 1. The molecule has 2 aromatic rings. The van der Waals surface area contributed by atoms with Gasteiger partial charge < -0.3 is 10.1 Å². The van der Waals surface area contributed by atoms with Gasteiger partial charge in [0, 0.05) is 6.07 Å². The van der Waals surface area contributed by atoms with Gasteiger partial charge in [0.2, 0.25) is 0 Å². The van der Waals surface area contributed by atoms with E-state index >= 15 is 0 Å². The summed E-state index contributed by atoms with van der Waals surface area (Å²) in [4.78, 5) is 0. The molecule has 0 radical (unpaired) electrons. The van der Waals surface area contributed by atoms with Gasteiger partial charge in [-0.15, -0.1) is 0 Å². The molecular weight excluding hydrogens is 272 g/mol. The van der Waals surface area contributed by atoms with Crippen LogP contribution in [0.5, 0.6) is 5.75 Å². The Balaban J connectivity index is 2.12. The molecule has 1 unspecified atom stereocenters. The molecule has 1 atom stereocenters. The van der Waals surface area contributed by atoms with Crippen molar-refractivity contribution in [1.29, 1.82) is 0 Å². The lowest BCUT2D eigenvalue weighted by molar-refractivity contribution is 0.260. The monoisotopic (exact) mass is 291 g/mol. The van der Waals surface area contributed by atoms with Crippen molar-refractivity contribution in [2.45, 2.75) is 19.9 Å². The first-order valence-corrected chi connectivity index (χ1v) is 6.83. The second-order valence-electron chi connectivity index (χ2n) is 5.07. The summed E-state index contributed by atoms with van der Waals surface area (Å²) in [6.07, 6.45) is 0. The van der Waals surface area contributed by atoms with Gasteiger partial charge in [0.1, 0.15) is 12.4 Å². The molecular formula is C17H19F2NO. The van der Waals surface area contributed by atoms with E-state index in [0.29, 0.717) is 0 Å². The van der Waals surface area contributed by atoms with Gasteiger partial charge in [-0.25, -0.2) is 8.78 Å². The number of halogens is 2. The van der Waals surface area contributed by atoms with Crippen LogP contribution in [0.4, 0.5) is 8.78 Å². The molecule has 0 aliphatic carbocycles. The number of ether oxygens (including phenoxy) is 1. The van der Waals surface area contributed by atoms with E-state index < -0.39 is 11.6 Å². The Hall–Kier alpha value is -1.94. The Bertz CT molecular complexity index is 628. The summed E-state index contributed by atoms with van der Waals surface area (Å²) in [6.45, 7) is 4.31. The van der Waals surface area contributed by atoms with Crippen LogP contribution in [-0.4, -0.2) is 13.7 Å². The highest BCUT2D eigenvalue weighted by molar-refractivity contribution is 5.32. The van der Waals surface area contributed by atoms with Crippen molar-refractivity contribution in [2.75, 3.05) is 13.7 Å². The Morgan fingerprint density at radius 1 is 1.05 bits per heavy atom. The Labute approximate surface area is 123 Å². The van der Waals surface area contributed by atoms with Crippen molar-refractivity contribution >= 4 is 0 Å². The molecule has 0 saturated carbocycles. The van der Waals surface area contributed by atoms with Gasteiger partial charge in [0.15, 0.2) is 11.6 Å². The van der Waals surface area contributed by atoms with E-state index in [9.17, 15) is 8.78 Å². The zero-order valence-corrected chi connectivity index (χ0v) is 12.4. The molecule has 112 valence electrons. The highest BCUT2D eigenvalue weighted by atomic mass is 19.1. The van der Waals surface area contributed by atoms with Crippen LogP contribution in [0.2, 0.25) is 0 Å². The first-order chi connectivity index (χ1) is 10.0. The molecule has 4 heteroatoms. The van der Waals surface area contributed by atoms with Crippen LogP contribution in [-0.2, 0) is 0 Å². The van der Waals surface area contributed by atoms with Crippen molar-refractivity contribution < 1.29 is 13.5 Å². The lowest BCUT2D eigenvalue weighted by Gasteiger charge is -2.19. The first kappa shape index (κ1) is 15.4. The smallest absolute Gasteiger partial charge is 0.165 e. The molecule has 0 bridgehead atoms. The van der Waals surface area contributed by atoms with Crippen LogP contribution < -0.4 is 10.1 Å². The minimum Gasteiger partial charge on any atom is -0.488 e. The molecule has 0 aliphatic rings. The average Bonchev–Trinajstić information content (AvgIpc) is 2.46. The molecule has 1 N–H and O–H groups in total. The number of likely N-dealkylation sites (N-methyl/N-ethyl adjacent to an activating group) is 1. The Kier molecular flexibility index (Phi) is 4.91. The van der Waals surface area contributed by atoms with Crippen LogP contribution in [0.1, 0.15) is 22.7 Å². The van der Waals surface area contributed by atoms with Gasteiger partial charge in [-0.05, 0) is 49.7 Å². The van der Waals surface area contributed by atoms with Crippen molar-refractivity contribution in [3.05, 3.63) is 64.7 Å². The van der Waals surface area contributed by atoms with Crippen molar-refractivity contribution in [2.24, 2.45) is 0 Å². The molecule has 0 amide bonds. The number of hydrogen-bond acceptors (Lipinski definition) is 2. The van der Waals surface area contributed by atoms with Gasteiger partial charge in [-0.3, -0.25) is 0 Å². The zero-order valence-electron chi connectivity index (χ0n) is 12.4. The normalized spacial score (nSPS) is 12.2. The minimum atomic E-state index is -0.564. The van der Waals surface area contributed by atoms with Crippen LogP contribution in [0.25, 0.3) is 0 Å². The molecule has 2 aromatic carbocycles. The molecule has 2 nitrogen and oxygen atoms in total. The second kappa shape index (κ2) is 6.68. The van der Waals surface area contributed by atoms with Gasteiger partial charge in [0.25, 0.3) is 0 Å². The van der Waals surface area contributed by atoms with Crippen LogP contribution in [0, 0.1) is 25.5 Å². The predicted octanol–water partition coefficient (Wildman–Crippen LogP) is 3.92. The Morgan fingerprint density at radius 2 is 1.81 bits per heavy atom. The summed E-state index contributed by atoms with van der Waals surface area (Å²) < 4.78 is 32.1. The molecule has 0 heterocycles. The van der Waals surface area contributed by atoms with E-state index in [-0.39, 0.29) is 18.4 Å². The number of rotatable bonds is 5.